The van der Waals surface area contributed by atoms with Crippen LogP contribution < -0.4 is 5.32 Å². The summed E-state index contributed by atoms with van der Waals surface area (Å²) in [5, 5.41) is 22.5. The van der Waals surface area contributed by atoms with Crippen molar-refractivity contribution in [2.24, 2.45) is 0 Å². The molecule has 0 bridgehead atoms. The Hall–Kier alpha value is -1.36. The number of phenolic OH excluding ortho intramolecular Hbond substituents is 2. The largest absolute Gasteiger partial charge is 0.508 e. The summed E-state index contributed by atoms with van der Waals surface area (Å²) in [5.41, 5.74) is 0.130. The van der Waals surface area contributed by atoms with Crippen LogP contribution in [-0.4, -0.2) is 33.7 Å². The summed E-state index contributed by atoms with van der Waals surface area (Å²) in [4.78, 5) is 12.2. The first kappa shape index (κ1) is 14.1. The summed E-state index contributed by atoms with van der Waals surface area (Å²) in [5.74, 6) is -0.445. The molecule has 0 heterocycles. The minimum atomic E-state index is -0.320. The van der Waals surface area contributed by atoms with Gasteiger partial charge in [0.25, 0.3) is 5.91 Å². The first-order valence-electron chi connectivity index (χ1n) is 6.47. The topological polar surface area (TPSA) is 69.6 Å². The highest BCUT2D eigenvalue weighted by Gasteiger charge is 2.26. The Bertz CT molecular complexity index is 464. The molecule has 1 aliphatic carbocycles. The molecule has 0 radical (unpaired) electrons. The third kappa shape index (κ3) is 3.35. The summed E-state index contributed by atoms with van der Waals surface area (Å²) in [6.45, 7) is 0. The second-order valence-electron chi connectivity index (χ2n) is 4.84. The van der Waals surface area contributed by atoms with Crippen molar-refractivity contribution in [1.29, 1.82) is 0 Å². The lowest BCUT2D eigenvalue weighted by molar-refractivity contribution is 0.0926. The highest BCUT2D eigenvalue weighted by atomic mass is 32.2. The molecule has 1 aliphatic rings. The zero-order chi connectivity index (χ0) is 13.8. The first-order chi connectivity index (χ1) is 9.11. The molecule has 5 heteroatoms. The molecule has 1 fully saturated rings. The molecular weight excluding hydrogens is 262 g/mol. The maximum Gasteiger partial charge on any atom is 0.255 e. The van der Waals surface area contributed by atoms with Crippen LogP contribution in [-0.2, 0) is 0 Å². The molecule has 0 aliphatic heterocycles. The van der Waals surface area contributed by atoms with E-state index < -0.39 is 0 Å². The van der Waals surface area contributed by atoms with Gasteiger partial charge in [-0.2, -0.15) is 11.8 Å². The number of aromatic hydroxyl groups is 2. The van der Waals surface area contributed by atoms with Crippen LogP contribution >= 0.6 is 11.8 Å². The van der Waals surface area contributed by atoms with Gasteiger partial charge < -0.3 is 15.5 Å². The second-order valence-corrected chi connectivity index (χ2v) is 5.92. The van der Waals surface area contributed by atoms with E-state index >= 15 is 0 Å². The van der Waals surface area contributed by atoms with Crippen LogP contribution in [0.5, 0.6) is 11.5 Å². The van der Waals surface area contributed by atoms with E-state index in [-0.39, 0.29) is 29.0 Å². The van der Waals surface area contributed by atoms with Crippen LogP contribution in [0.25, 0.3) is 0 Å². The number of carbonyl (C=O) groups is 1. The van der Waals surface area contributed by atoms with Gasteiger partial charge in [0.15, 0.2) is 0 Å². The third-order valence-electron chi connectivity index (χ3n) is 3.55. The number of phenols is 2. The smallest absolute Gasteiger partial charge is 0.255 e. The molecule has 2 atom stereocenters. The summed E-state index contributed by atoms with van der Waals surface area (Å²) >= 11 is 1.77. The Labute approximate surface area is 117 Å². The number of hydrogen-bond donors (Lipinski definition) is 3. The van der Waals surface area contributed by atoms with Crippen molar-refractivity contribution in [3.63, 3.8) is 0 Å². The van der Waals surface area contributed by atoms with Gasteiger partial charge in [-0.05, 0) is 37.3 Å². The number of nitrogens with one attached hydrogen (secondary N) is 1. The molecule has 1 aromatic rings. The molecule has 2 unspecified atom stereocenters. The average molecular weight is 281 g/mol. The number of hydrogen-bond acceptors (Lipinski definition) is 4. The lowest BCUT2D eigenvalue weighted by Gasteiger charge is -2.31. The molecular formula is C14H19NO3S. The molecule has 1 saturated carbocycles. The summed E-state index contributed by atoms with van der Waals surface area (Å²) < 4.78 is 0. The maximum absolute atomic E-state index is 12.2. The first-order valence-corrected chi connectivity index (χ1v) is 7.76. The number of rotatable bonds is 3. The minimum absolute atomic E-state index is 0.0204. The summed E-state index contributed by atoms with van der Waals surface area (Å²) in [6, 6.07) is 4.12. The Kier molecular flexibility index (Phi) is 4.58. The van der Waals surface area contributed by atoms with Crippen LogP contribution in [0.2, 0.25) is 0 Å². The van der Waals surface area contributed by atoms with E-state index in [4.69, 9.17) is 0 Å². The van der Waals surface area contributed by atoms with Crippen molar-refractivity contribution < 1.29 is 15.0 Å². The second kappa shape index (κ2) is 6.19. The number of thioether (sulfide) groups is 1. The van der Waals surface area contributed by atoms with Gasteiger partial charge in [0.2, 0.25) is 0 Å². The van der Waals surface area contributed by atoms with E-state index in [1.807, 2.05) is 0 Å². The Balaban J connectivity index is 2.09. The maximum atomic E-state index is 12.2. The number of carbonyl (C=O) groups excluding carboxylic acids is 1. The number of benzene rings is 1. The van der Waals surface area contributed by atoms with Gasteiger partial charge in [0.05, 0.1) is 5.56 Å². The van der Waals surface area contributed by atoms with Crippen LogP contribution in [0.1, 0.15) is 36.0 Å². The molecule has 0 saturated heterocycles. The van der Waals surface area contributed by atoms with Crippen molar-refractivity contribution in [3.8, 4) is 11.5 Å². The Morgan fingerprint density at radius 3 is 2.79 bits per heavy atom. The molecule has 1 aromatic carbocycles. The third-order valence-corrected chi connectivity index (χ3v) is 4.72. The molecule has 4 nitrogen and oxygen atoms in total. The number of amides is 1. The van der Waals surface area contributed by atoms with Crippen molar-refractivity contribution in [3.05, 3.63) is 23.8 Å². The lowest BCUT2D eigenvalue weighted by Crippen LogP contribution is -2.43. The predicted octanol–water partition coefficient (Wildman–Crippen LogP) is 2.50. The van der Waals surface area contributed by atoms with Gasteiger partial charge in [-0.15, -0.1) is 0 Å². The van der Waals surface area contributed by atoms with Crippen LogP contribution in [0.4, 0.5) is 0 Å². The van der Waals surface area contributed by atoms with Gasteiger partial charge in [-0.3, -0.25) is 4.79 Å². The van der Waals surface area contributed by atoms with Crippen molar-refractivity contribution in [2.45, 2.75) is 37.0 Å². The molecule has 0 aromatic heterocycles. The lowest BCUT2D eigenvalue weighted by atomic mass is 9.94. The van der Waals surface area contributed by atoms with Crippen LogP contribution in [0.3, 0.4) is 0 Å². The quantitative estimate of drug-likeness (QED) is 0.745. The fourth-order valence-electron chi connectivity index (χ4n) is 2.50. The SMILES string of the molecule is CSC1CCCCC1NC(=O)c1cc(O)ccc1O. The predicted molar refractivity (Wildman–Crippen MR) is 76.8 cm³/mol. The monoisotopic (exact) mass is 281 g/mol. The fraction of sp³-hybridized carbons (Fsp3) is 0.500. The van der Waals surface area contributed by atoms with E-state index in [0.29, 0.717) is 5.25 Å². The van der Waals surface area contributed by atoms with Crippen molar-refractivity contribution in [1.82, 2.24) is 5.32 Å². The van der Waals surface area contributed by atoms with E-state index in [0.717, 1.165) is 19.3 Å². The molecule has 19 heavy (non-hydrogen) atoms. The zero-order valence-corrected chi connectivity index (χ0v) is 11.7. The van der Waals surface area contributed by atoms with Crippen molar-refractivity contribution in [2.75, 3.05) is 6.26 Å². The van der Waals surface area contributed by atoms with Gasteiger partial charge in [0.1, 0.15) is 11.5 Å². The van der Waals surface area contributed by atoms with E-state index in [1.54, 1.807) is 11.8 Å². The van der Waals surface area contributed by atoms with E-state index in [9.17, 15) is 15.0 Å². The van der Waals surface area contributed by atoms with Gasteiger partial charge in [-0.25, -0.2) is 0 Å². The molecule has 0 spiro atoms. The molecule has 1 amide bonds. The molecule has 104 valence electrons. The molecule has 3 N–H and O–H groups in total. The van der Waals surface area contributed by atoms with E-state index in [1.165, 1.54) is 24.6 Å². The highest BCUT2D eigenvalue weighted by Crippen LogP contribution is 2.28. The van der Waals surface area contributed by atoms with Crippen molar-refractivity contribution >= 4 is 17.7 Å². The highest BCUT2D eigenvalue weighted by molar-refractivity contribution is 7.99. The summed E-state index contributed by atoms with van der Waals surface area (Å²) in [6.07, 6.45) is 6.46. The van der Waals surface area contributed by atoms with E-state index in [2.05, 4.69) is 11.6 Å². The zero-order valence-electron chi connectivity index (χ0n) is 10.9. The van der Waals surface area contributed by atoms with Gasteiger partial charge in [-0.1, -0.05) is 12.8 Å². The minimum Gasteiger partial charge on any atom is -0.508 e. The normalized spacial score (nSPS) is 23.0. The Morgan fingerprint density at radius 2 is 2.05 bits per heavy atom. The average Bonchev–Trinajstić information content (AvgIpc) is 2.42. The Morgan fingerprint density at radius 1 is 1.32 bits per heavy atom. The van der Waals surface area contributed by atoms with Crippen LogP contribution in [0, 0.1) is 0 Å². The molecule has 2 rings (SSSR count). The van der Waals surface area contributed by atoms with Crippen LogP contribution in [0.15, 0.2) is 18.2 Å². The standard InChI is InChI=1S/C14H19NO3S/c1-19-13-5-3-2-4-11(13)15-14(18)10-8-9(16)6-7-12(10)17/h6-8,11,13,16-17H,2-5H2,1H3,(H,15,18). The van der Waals surface area contributed by atoms with Gasteiger partial charge in [0, 0.05) is 11.3 Å². The van der Waals surface area contributed by atoms with Gasteiger partial charge >= 0.3 is 0 Å². The summed E-state index contributed by atoms with van der Waals surface area (Å²) in [7, 11) is 0. The fourth-order valence-corrected chi connectivity index (χ4v) is 3.43.